The zero-order valence-electron chi connectivity index (χ0n) is 13.3. The van der Waals surface area contributed by atoms with E-state index < -0.39 is 20.4 Å². The van der Waals surface area contributed by atoms with E-state index in [1.54, 1.807) is 0 Å². The Kier molecular flexibility index (Phi) is 6.86. The highest BCUT2D eigenvalue weighted by Gasteiger charge is 2.44. The van der Waals surface area contributed by atoms with Gasteiger partial charge in [-0.3, -0.25) is 0 Å². The summed E-state index contributed by atoms with van der Waals surface area (Å²) in [5.41, 5.74) is 5.34. The fourth-order valence-electron chi connectivity index (χ4n) is 1.82. The quantitative estimate of drug-likeness (QED) is 0.276. The van der Waals surface area contributed by atoms with Crippen LogP contribution in [0.5, 0.6) is 0 Å². The van der Waals surface area contributed by atoms with Crippen LogP contribution in [0.4, 0.5) is 0 Å². The lowest BCUT2D eigenvalue weighted by molar-refractivity contribution is -0.129. The number of hydrogen-bond donors (Lipinski definition) is 3. The first-order valence-corrected chi connectivity index (χ1v) is 9.72. The smallest absolute Gasteiger partial charge is 0.353 e. The van der Waals surface area contributed by atoms with Gasteiger partial charge in [-0.1, -0.05) is 32.9 Å². The van der Waals surface area contributed by atoms with E-state index in [1.807, 2.05) is 0 Å². The second-order valence-electron chi connectivity index (χ2n) is 6.42. The van der Waals surface area contributed by atoms with Gasteiger partial charge in [-0.25, -0.2) is 4.79 Å². The molecule has 20 heavy (non-hydrogen) atoms. The molecule has 0 saturated carbocycles. The SMILES string of the molecule is CC(C)C(C)(C)[Si](C)(C)O[C@@H](CN)C/C(=N/O)C(=O)O. The van der Waals surface area contributed by atoms with E-state index in [4.69, 9.17) is 20.5 Å². The van der Waals surface area contributed by atoms with E-state index >= 15 is 0 Å². The molecule has 0 aromatic rings. The van der Waals surface area contributed by atoms with Crippen molar-refractivity contribution in [2.45, 2.75) is 58.4 Å². The second-order valence-corrected chi connectivity index (χ2v) is 11.0. The highest BCUT2D eigenvalue weighted by atomic mass is 28.4. The van der Waals surface area contributed by atoms with Gasteiger partial charge in [0.25, 0.3) is 0 Å². The summed E-state index contributed by atoms with van der Waals surface area (Å²) in [6.07, 6.45) is -0.441. The summed E-state index contributed by atoms with van der Waals surface area (Å²) in [5, 5.41) is 20.4. The minimum Gasteiger partial charge on any atom is -0.477 e. The van der Waals surface area contributed by atoms with Crippen molar-refractivity contribution in [3.63, 3.8) is 0 Å². The molecule has 0 spiro atoms. The van der Waals surface area contributed by atoms with E-state index in [-0.39, 0.29) is 23.7 Å². The van der Waals surface area contributed by atoms with Crippen molar-refractivity contribution >= 4 is 20.0 Å². The van der Waals surface area contributed by atoms with Gasteiger partial charge in [-0.15, -0.1) is 0 Å². The summed E-state index contributed by atoms with van der Waals surface area (Å²) in [6, 6.07) is 0. The third-order valence-electron chi connectivity index (χ3n) is 4.51. The van der Waals surface area contributed by atoms with Gasteiger partial charge in [0.05, 0.1) is 6.10 Å². The van der Waals surface area contributed by atoms with Gasteiger partial charge in [-0.2, -0.15) is 0 Å². The summed E-state index contributed by atoms with van der Waals surface area (Å²) >= 11 is 0. The van der Waals surface area contributed by atoms with Crippen LogP contribution in [0.25, 0.3) is 0 Å². The summed E-state index contributed by atoms with van der Waals surface area (Å²) in [5.74, 6) is -0.815. The normalized spacial score (nSPS) is 15.5. The molecule has 1 atom stereocenters. The topological polar surface area (TPSA) is 105 Å². The van der Waals surface area contributed by atoms with Crippen LogP contribution >= 0.6 is 0 Å². The molecule has 0 rings (SSSR count). The molecule has 4 N–H and O–H groups in total. The Morgan fingerprint density at radius 2 is 1.90 bits per heavy atom. The van der Waals surface area contributed by atoms with Gasteiger partial charge >= 0.3 is 5.97 Å². The first-order valence-electron chi connectivity index (χ1n) is 6.81. The van der Waals surface area contributed by atoms with E-state index in [0.29, 0.717) is 5.92 Å². The lowest BCUT2D eigenvalue weighted by atomic mass is 9.99. The number of hydrogen-bond acceptors (Lipinski definition) is 5. The van der Waals surface area contributed by atoms with Crippen LogP contribution in [0.2, 0.25) is 18.1 Å². The molecule has 0 fully saturated rings. The lowest BCUT2D eigenvalue weighted by Crippen LogP contribution is -2.49. The minimum atomic E-state index is -2.10. The molecule has 0 aromatic heterocycles. The van der Waals surface area contributed by atoms with Crippen molar-refractivity contribution in [1.29, 1.82) is 0 Å². The van der Waals surface area contributed by atoms with Crippen molar-refractivity contribution in [1.82, 2.24) is 0 Å². The number of carbonyl (C=O) groups is 1. The Labute approximate surface area is 122 Å². The van der Waals surface area contributed by atoms with Crippen molar-refractivity contribution < 1.29 is 19.5 Å². The van der Waals surface area contributed by atoms with Crippen LogP contribution in [0.1, 0.15) is 34.1 Å². The number of nitrogens with zero attached hydrogens (tertiary/aromatic N) is 1. The summed E-state index contributed by atoms with van der Waals surface area (Å²) in [6.45, 7) is 13.0. The maximum Gasteiger partial charge on any atom is 0.353 e. The van der Waals surface area contributed by atoms with Crippen molar-refractivity contribution in [3.8, 4) is 0 Å². The first kappa shape index (κ1) is 19.1. The molecule has 6 nitrogen and oxygen atoms in total. The molecule has 0 aromatic carbocycles. The lowest BCUT2D eigenvalue weighted by Gasteiger charge is -2.44. The summed E-state index contributed by atoms with van der Waals surface area (Å²) < 4.78 is 6.15. The van der Waals surface area contributed by atoms with Crippen LogP contribution < -0.4 is 5.73 Å². The van der Waals surface area contributed by atoms with Crippen molar-refractivity contribution in [2.75, 3.05) is 6.54 Å². The van der Waals surface area contributed by atoms with Gasteiger partial charge < -0.3 is 20.5 Å². The Bertz CT molecular complexity index is 367. The monoisotopic (exact) mass is 304 g/mol. The average molecular weight is 304 g/mol. The number of aliphatic carboxylic acids is 1. The first-order chi connectivity index (χ1) is 8.99. The zero-order chi connectivity index (χ0) is 16.1. The number of nitrogens with two attached hydrogens (primary N) is 1. The predicted molar refractivity (Wildman–Crippen MR) is 81.8 cm³/mol. The highest BCUT2D eigenvalue weighted by molar-refractivity contribution is 6.74. The maximum atomic E-state index is 10.9. The largest absolute Gasteiger partial charge is 0.477 e. The molecule has 0 radical (unpaired) electrons. The van der Waals surface area contributed by atoms with Gasteiger partial charge in [-0.05, 0) is 24.1 Å². The number of carboxylic acids is 1. The average Bonchev–Trinajstić information content (AvgIpc) is 2.33. The molecule has 0 bridgehead atoms. The summed E-state index contributed by atoms with van der Waals surface area (Å²) in [4.78, 5) is 10.9. The molecule has 0 saturated heterocycles. The van der Waals surface area contributed by atoms with Gasteiger partial charge in [0.15, 0.2) is 14.0 Å². The molecular weight excluding hydrogens is 276 g/mol. The summed E-state index contributed by atoms with van der Waals surface area (Å²) in [7, 11) is -2.10. The van der Waals surface area contributed by atoms with Crippen LogP contribution in [0, 0.1) is 5.92 Å². The Morgan fingerprint density at radius 1 is 1.40 bits per heavy atom. The number of rotatable bonds is 8. The van der Waals surface area contributed by atoms with E-state index in [2.05, 4.69) is 45.9 Å². The van der Waals surface area contributed by atoms with E-state index in [0.717, 1.165) is 0 Å². The predicted octanol–water partition coefficient (Wildman–Crippen LogP) is 2.28. The fourth-order valence-corrected chi connectivity index (χ4v) is 4.53. The molecular formula is C13H28N2O4Si. The maximum absolute atomic E-state index is 10.9. The van der Waals surface area contributed by atoms with Crippen LogP contribution in [-0.4, -0.2) is 43.0 Å². The van der Waals surface area contributed by atoms with Crippen molar-refractivity contribution in [3.05, 3.63) is 0 Å². The molecule has 0 amide bonds. The molecule has 0 aliphatic heterocycles. The minimum absolute atomic E-state index is 0.00688. The molecule has 0 aliphatic rings. The van der Waals surface area contributed by atoms with Gasteiger partial charge in [0.1, 0.15) is 0 Å². The molecule has 118 valence electrons. The molecule has 7 heteroatoms. The third-order valence-corrected chi connectivity index (χ3v) is 9.11. The van der Waals surface area contributed by atoms with E-state index in [1.165, 1.54) is 0 Å². The Morgan fingerprint density at radius 3 is 2.20 bits per heavy atom. The molecule has 0 aliphatic carbocycles. The fraction of sp³-hybridized carbons (Fsp3) is 0.846. The Balaban J connectivity index is 5.01. The van der Waals surface area contributed by atoms with Crippen molar-refractivity contribution in [2.24, 2.45) is 16.8 Å². The highest BCUT2D eigenvalue weighted by Crippen LogP contribution is 2.45. The van der Waals surface area contributed by atoms with Gasteiger partial charge in [0, 0.05) is 13.0 Å². The van der Waals surface area contributed by atoms with E-state index in [9.17, 15) is 4.79 Å². The molecule has 0 unspecified atom stereocenters. The standard InChI is InChI=1S/C13H28N2O4Si/c1-9(2)13(3,4)20(5,6)19-10(8-14)7-11(15-18)12(16)17/h9-10,18H,7-8,14H2,1-6H3,(H,16,17)/b15-11-/t10-/m1/s1. The van der Waals surface area contributed by atoms with Gasteiger partial charge in [0.2, 0.25) is 0 Å². The second kappa shape index (κ2) is 7.19. The number of oxime groups is 1. The van der Waals surface area contributed by atoms with Crippen LogP contribution in [0.15, 0.2) is 5.16 Å². The molecule has 0 heterocycles. The zero-order valence-corrected chi connectivity index (χ0v) is 14.3. The Hall–Kier alpha value is -0.923. The number of carboxylic acid groups (broad SMARTS) is 1. The third kappa shape index (κ3) is 4.57. The van der Waals surface area contributed by atoms with Crippen LogP contribution in [0.3, 0.4) is 0 Å². The van der Waals surface area contributed by atoms with Crippen LogP contribution in [-0.2, 0) is 9.22 Å².